The highest BCUT2D eigenvalue weighted by molar-refractivity contribution is 5.89. The number of aliphatic hydroxyl groups excluding tert-OH is 2. The van der Waals surface area contributed by atoms with Crippen molar-refractivity contribution in [2.24, 2.45) is 0 Å². The SMILES string of the molecule is CC(=O)O[C@@H]1[C@@H](OC(C)=O)[C@H](C)O[C@@H](O[C@@H]2[C@@H](O)[C@@H](OC(C)=O)[C@@H](COC(=O)c3ccccc3)O[C@H]2O)[C@@H]1OC(C)=O. The molecule has 2 fully saturated rings. The lowest BCUT2D eigenvalue weighted by molar-refractivity contribution is -0.359. The number of esters is 5. The monoisotopic (exact) mass is 598 g/mol. The lowest BCUT2D eigenvalue weighted by Crippen LogP contribution is -2.65. The van der Waals surface area contributed by atoms with Crippen LogP contribution in [0, 0.1) is 0 Å². The van der Waals surface area contributed by atoms with E-state index in [1.165, 1.54) is 19.1 Å². The van der Waals surface area contributed by atoms with Gasteiger partial charge >= 0.3 is 29.8 Å². The van der Waals surface area contributed by atoms with Gasteiger partial charge in [-0.05, 0) is 19.1 Å². The van der Waals surface area contributed by atoms with E-state index < -0.39 is 97.9 Å². The Morgan fingerprint density at radius 1 is 0.714 bits per heavy atom. The molecule has 2 aliphatic rings. The molecule has 2 saturated heterocycles. The zero-order chi connectivity index (χ0) is 31.1. The van der Waals surface area contributed by atoms with Crippen molar-refractivity contribution in [3.8, 4) is 0 Å². The van der Waals surface area contributed by atoms with Crippen LogP contribution in [-0.2, 0) is 57.1 Å². The predicted molar refractivity (Wildman–Crippen MR) is 135 cm³/mol. The third-order valence-corrected chi connectivity index (χ3v) is 6.25. The highest BCUT2D eigenvalue weighted by Crippen LogP contribution is 2.33. The molecule has 0 spiro atoms. The van der Waals surface area contributed by atoms with E-state index in [9.17, 15) is 34.2 Å². The van der Waals surface area contributed by atoms with Crippen LogP contribution in [-0.4, -0.2) is 108 Å². The van der Waals surface area contributed by atoms with Crippen molar-refractivity contribution in [2.75, 3.05) is 6.61 Å². The van der Waals surface area contributed by atoms with Crippen molar-refractivity contribution in [1.82, 2.24) is 0 Å². The molecule has 1 aromatic carbocycles. The van der Waals surface area contributed by atoms with Crippen LogP contribution >= 0.6 is 0 Å². The summed E-state index contributed by atoms with van der Waals surface area (Å²) in [7, 11) is 0. The molecule has 232 valence electrons. The molecule has 42 heavy (non-hydrogen) atoms. The van der Waals surface area contributed by atoms with Gasteiger partial charge in [-0.25, -0.2) is 4.79 Å². The fourth-order valence-electron chi connectivity index (χ4n) is 4.58. The van der Waals surface area contributed by atoms with Crippen molar-refractivity contribution in [3.05, 3.63) is 35.9 Å². The van der Waals surface area contributed by atoms with E-state index >= 15 is 0 Å². The summed E-state index contributed by atoms with van der Waals surface area (Å²) in [5.41, 5.74) is 0.231. The van der Waals surface area contributed by atoms with Crippen LogP contribution in [0.4, 0.5) is 0 Å². The van der Waals surface area contributed by atoms with Gasteiger partial charge in [0.1, 0.15) is 24.9 Å². The van der Waals surface area contributed by atoms with Gasteiger partial charge in [0.25, 0.3) is 0 Å². The minimum absolute atomic E-state index is 0.231. The third kappa shape index (κ3) is 8.45. The van der Waals surface area contributed by atoms with Gasteiger partial charge in [0.05, 0.1) is 11.7 Å². The first-order valence-corrected chi connectivity index (χ1v) is 13.0. The van der Waals surface area contributed by atoms with E-state index in [-0.39, 0.29) is 5.56 Å². The molecular formula is C27H34O15. The van der Waals surface area contributed by atoms with Gasteiger partial charge in [-0.2, -0.15) is 0 Å². The number of hydrogen-bond donors (Lipinski definition) is 2. The summed E-state index contributed by atoms with van der Waals surface area (Å²) in [5.74, 6) is -3.92. The first-order valence-electron chi connectivity index (χ1n) is 13.0. The molecule has 15 nitrogen and oxygen atoms in total. The molecule has 0 aliphatic carbocycles. The molecule has 0 unspecified atom stereocenters. The molecule has 3 rings (SSSR count). The van der Waals surface area contributed by atoms with Crippen molar-refractivity contribution < 1.29 is 72.1 Å². The lowest BCUT2D eigenvalue weighted by atomic mass is 9.97. The maximum Gasteiger partial charge on any atom is 0.338 e. The Kier molecular flexibility index (Phi) is 11.4. The second-order valence-electron chi connectivity index (χ2n) is 9.63. The van der Waals surface area contributed by atoms with Crippen molar-refractivity contribution in [2.45, 2.75) is 96.0 Å². The smallest absolute Gasteiger partial charge is 0.338 e. The summed E-state index contributed by atoms with van der Waals surface area (Å²) < 4.78 is 43.4. The quantitative estimate of drug-likeness (QED) is 0.279. The largest absolute Gasteiger partial charge is 0.459 e. The molecule has 15 heteroatoms. The van der Waals surface area contributed by atoms with Gasteiger partial charge in [0, 0.05) is 27.7 Å². The summed E-state index contributed by atoms with van der Waals surface area (Å²) in [6.45, 7) is 5.29. The average Bonchev–Trinajstić information content (AvgIpc) is 2.90. The molecule has 10 atom stereocenters. The highest BCUT2D eigenvalue weighted by Gasteiger charge is 2.55. The van der Waals surface area contributed by atoms with Crippen molar-refractivity contribution >= 4 is 29.8 Å². The summed E-state index contributed by atoms with van der Waals surface area (Å²) in [4.78, 5) is 59.8. The molecule has 2 aliphatic heterocycles. The zero-order valence-electron chi connectivity index (χ0n) is 23.6. The van der Waals surface area contributed by atoms with Crippen molar-refractivity contribution in [3.63, 3.8) is 0 Å². The number of aliphatic hydroxyl groups is 2. The normalized spacial score (nSPS) is 32.6. The Bertz CT molecular complexity index is 1120. The standard InChI is InChI=1S/C27H34O15/c1-12-20(37-13(2)28)23(39-15(4)30)24(40-16(5)31)27(36-12)42-22-19(32)21(38-14(3)29)18(41-26(22)34)11-35-25(33)17-9-7-6-8-10-17/h6-10,12,18-24,26-27,32,34H,11H2,1-5H3/t12-,18+,19-,20-,21-,22+,23+,24+,26+,27-/m0/s1. The number of ether oxygens (including phenoxy) is 8. The van der Waals surface area contributed by atoms with E-state index in [0.29, 0.717) is 0 Å². The Morgan fingerprint density at radius 2 is 1.24 bits per heavy atom. The molecule has 0 bridgehead atoms. The van der Waals surface area contributed by atoms with Crippen LogP contribution in [0.1, 0.15) is 45.0 Å². The number of carbonyl (C=O) groups is 5. The van der Waals surface area contributed by atoms with Gasteiger partial charge in [-0.3, -0.25) is 19.2 Å². The van der Waals surface area contributed by atoms with Crippen LogP contribution in [0.25, 0.3) is 0 Å². The minimum atomic E-state index is -1.90. The maximum atomic E-state index is 12.4. The lowest BCUT2D eigenvalue weighted by Gasteiger charge is -2.47. The molecular weight excluding hydrogens is 564 g/mol. The minimum Gasteiger partial charge on any atom is -0.459 e. The second kappa shape index (κ2) is 14.5. The van der Waals surface area contributed by atoms with E-state index in [0.717, 1.165) is 27.7 Å². The second-order valence-corrected chi connectivity index (χ2v) is 9.63. The van der Waals surface area contributed by atoms with Gasteiger partial charge in [0.15, 0.2) is 37.0 Å². The number of hydrogen-bond acceptors (Lipinski definition) is 15. The fraction of sp³-hybridized carbons (Fsp3) is 0.593. The topological polar surface area (TPSA) is 200 Å². The van der Waals surface area contributed by atoms with Crippen LogP contribution < -0.4 is 0 Å². The molecule has 0 aromatic heterocycles. The van der Waals surface area contributed by atoms with Gasteiger partial charge < -0.3 is 48.1 Å². The van der Waals surface area contributed by atoms with Gasteiger partial charge in [-0.15, -0.1) is 0 Å². The average molecular weight is 599 g/mol. The molecule has 1 aromatic rings. The Morgan fingerprint density at radius 3 is 1.81 bits per heavy atom. The van der Waals surface area contributed by atoms with Gasteiger partial charge in [0.2, 0.25) is 0 Å². The summed E-state index contributed by atoms with van der Waals surface area (Å²) in [5, 5.41) is 21.9. The molecule has 0 radical (unpaired) electrons. The summed E-state index contributed by atoms with van der Waals surface area (Å²) in [6.07, 6.45) is -14.9. The first kappa shape index (κ1) is 32.9. The molecule has 0 amide bonds. The first-order chi connectivity index (χ1) is 19.8. The van der Waals surface area contributed by atoms with E-state index in [1.807, 2.05) is 0 Å². The third-order valence-electron chi connectivity index (χ3n) is 6.25. The summed E-state index contributed by atoms with van der Waals surface area (Å²) in [6, 6.07) is 7.99. The number of benzene rings is 1. The Balaban J connectivity index is 1.83. The van der Waals surface area contributed by atoms with Crippen LogP contribution in [0.5, 0.6) is 0 Å². The van der Waals surface area contributed by atoms with Crippen LogP contribution in [0.15, 0.2) is 30.3 Å². The predicted octanol–water partition coefficient (Wildman–Crippen LogP) is -0.222. The van der Waals surface area contributed by atoms with Crippen molar-refractivity contribution in [1.29, 1.82) is 0 Å². The molecule has 2 N–H and O–H groups in total. The van der Waals surface area contributed by atoms with Crippen LogP contribution in [0.2, 0.25) is 0 Å². The zero-order valence-corrected chi connectivity index (χ0v) is 23.6. The van der Waals surface area contributed by atoms with E-state index in [4.69, 9.17) is 37.9 Å². The van der Waals surface area contributed by atoms with E-state index in [2.05, 4.69) is 0 Å². The molecule has 2 heterocycles. The summed E-state index contributed by atoms with van der Waals surface area (Å²) >= 11 is 0. The highest BCUT2D eigenvalue weighted by atomic mass is 16.8. The van der Waals surface area contributed by atoms with Crippen LogP contribution in [0.3, 0.4) is 0 Å². The Hall–Kier alpha value is -3.63. The Labute approximate surface area is 240 Å². The fourth-order valence-corrected chi connectivity index (χ4v) is 4.58. The number of rotatable bonds is 9. The maximum absolute atomic E-state index is 12.4. The van der Waals surface area contributed by atoms with E-state index in [1.54, 1.807) is 18.2 Å². The number of carbonyl (C=O) groups excluding carboxylic acids is 5. The van der Waals surface area contributed by atoms with Gasteiger partial charge in [-0.1, -0.05) is 18.2 Å². The molecule has 0 saturated carbocycles.